The number of benzene rings is 2. The number of aliphatic hydroxyl groups is 5. The smallest absolute Gasteiger partial charge is 0.333 e. The number of aliphatic hydroxyl groups excluding tert-OH is 5. The molecule has 1 fully saturated rings. The Morgan fingerprint density at radius 2 is 1.77 bits per heavy atom. The van der Waals surface area contributed by atoms with E-state index in [4.69, 9.17) is 33.5 Å². The fraction of sp³-hybridized carbons (Fsp3) is 0.452. The molecule has 2 aromatic carbocycles. The Morgan fingerprint density at radius 1 is 1.02 bits per heavy atom. The zero-order valence-electron chi connectivity index (χ0n) is 24.4. The number of fused-ring (bicyclic) bond motifs is 1. The predicted octanol–water partition coefficient (Wildman–Crippen LogP) is 0.938. The largest absolute Gasteiger partial charge is 0.504 e. The summed E-state index contributed by atoms with van der Waals surface area (Å²) in [5.74, 6) is -0.0469. The molecule has 0 amide bonds. The van der Waals surface area contributed by atoms with Crippen molar-refractivity contribution in [3.05, 3.63) is 65.3 Å². The third kappa shape index (κ3) is 7.16. The SMILES string of the molecule is C=C(CCO)C(=O)OCC1OC(OCC=Cc2cc(OC)c3c(c2)C(CO)C(c2ccc(O)c(OC)c2)O3)C(O)C(O)C1O. The number of carbonyl (C=O) groups is 1. The Balaban J connectivity index is 1.42. The Hall–Kier alpha value is -3.69. The maximum atomic E-state index is 12.0. The van der Waals surface area contributed by atoms with Crippen LogP contribution in [0.3, 0.4) is 0 Å². The summed E-state index contributed by atoms with van der Waals surface area (Å²) in [6.45, 7) is 2.49. The molecule has 240 valence electrons. The highest BCUT2D eigenvalue weighted by atomic mass is 16.7. The zero-order valence-corrected chi connectivity index (χ0v) is 24.4. The first-order valence-electron chi connectivity index (χ1n) is 13.9. The van der Waals surface area contributed by atoms with Gasteiger partial charge in [0.05, 0.1) is 33.4 Å². The average molecular weight is 619 g/mol. The lowest BCUT2D eigenvalue weighted by molar-refractivity contribution is -0.299. The van der Waals surface area contributed by atoms with Crippen molar-refractivity contribution in [2.75, 3.05) is 40.6 Å². The van der Waals surface area contributed by atoms with E-state index in [2.05, 4.69) is 6.58 Å². The van der Waals surface area contributed by atoms with Crippen molar-refractivity contribution < 1.29 is 63.9 Å². The second-order valence-electron chi connectivity index (χ2n) is 10.3. The van der Waals surface area contributed by atoms with Crippen LogP contribution in [0.4, 0.5) is 0 Å². The molecule has 0 aliphatic carbocycles. The summed E-state index contributed by atoms with van der Waals surface area (Å²) in [4.78, 5) is 12.0. The van der Waals surface area contributed by atoms with Gasteiger partial charge in [-0.05, 0) is 35.4 Å². The van der Waals surface area contributed by atoms with Crippen LogP contribution in [-0.4, -0.2) is 108 Å². The highest BCUT2D eigenvalue weighted by Crippen LogP contribution is 2.51. The number of ether oxygens (including phenoxy) is 6. The van der Waals surface area contributed by atoms with Crippen molar-refractivity contribution in [3.8, 4) is 23.0 Å². The molecule has 4 rings (SSSR count). The second kappa shape index (κ2) is 14.9. The second-order valence-corrected chi connectivity index (χ2v) is 10.3. The van der Waals surface area contributed by atoms with Gasteiger partial charge in [0.1, 0.15) is 37.1 Å². The molecule has 13 heteroatoms. The predicted molar refractivity (Wildman–Crippen MR) is 154 cm³/mol. The molecule has 2 heterocycles. The van der Waals surface area contributed by atoms with Crippen LogP contribution in [0.1, 0.15) is 35.1 Å². The summed E-state index contributed by atoms with van der Waals surface area (Å²) < 4.78 is 33.2. The van der Waals surface area contributed by atoms with E-state index in [0.717, 1.165) is 0 Å². The van der Waals surface area contributed by atoms with E-state index < -0.39 is 55.3 Å². The van der Waals surface area contributed by atoms with Gasteiger partial charge < -0.3 is 59.1 Å². The van der Waals surface area contributed by atoms with Crippen LogP contribution in [0, 0.1) is 0 Å². The molecule has 13 nitrogen and oxygen atoms in total. The summed E-state index contributed by atoms with van der Waals surface area (Å²) in [6.07, 6.45) is -4.47. The van der Waals surface area contributed by atoms with Crippen LogP contribution in [0.2, 0.25) is 0 Å². The molecular weight excluding hydrogens is 580 g/mol. The van der Waals surface area contributed by atoms with Crippen LogP contribution in [0.25, 0.3) is 6.08 Å². The number of aromatic hydroxyl groups is 1. The quantitative estimate of drug-likeness (QED) is 0.137. The van der Waals surface area contributed by atoms with Crippen molar-refractivity contribution in [2.24, 2.45) is 0 Å². The van der Waals surface area contributed by atoms with Gasteiger partial charge >= 0.3 is 5.97 Å². The maximum Gasteiger partial charge on any atom is 0.333 e. The van der Waals surface area contributed by atoms with Gasteiger partial charge in [-0.2, -0.15) is 0 Å². The van der Waals surface area contributed by atoms with Gasteiger partial charge in [-0.3, -0.25) is 0 Å². The number of rotatable bonds is 13. The third-order valence-electron chi connectivity index (χ3n) is 7.48. The normalized spacial score (nSPS) is 26.2. The van der Waals surface area contributed by atoms with Gasteiger partial charge in [-0.25, -0.2) is 4.79 Å². The summed E-state index contributed by atoms with van der Waals surface area (Å²) in [5.41, 5.74) is 2.15. The number of esters is 1. The van der Waals surface area contributed by atoms with Gasteiger partial charge in [0, 0.05) is 24.2 Å². The number of hydrogen-bond donors (Lipinski definition) is 6. The topological polar surface area (TPSA) is 194 Å². The molecule has 0 aromatic heterocycles. The molecule has 0 radical (unpaired) electrons. The third-order valence-corrected chi connectivity index (χ3v) is 7.48. The minimum absolute atomic E-state index is 0.0177. The molecule has 44 heavy (non-hydrogen) atoms. The first kappa shape index (κ1) is 33.2. The Morgan fingerprint density at radius 3 is 2.45 bits per heavy atom. The molecule has 0 saturated carbocycles. The molecule has 2 aliphatic rings. The van der Waals surface area contributed by atoms with Crippen molar-refractivity contribution >= 4 is 12.0 Å². The molecule has 1 saturated heterocycles. The molecule has 2 aromatic rings. The fourth-order valence-electron chi connectivity index (χ4n) is 5.06. The van der Waals surface area contributed by atoms with Crippen LogP contribution in [0.15, 0.2) is 48.6 Å². The number of phenolic OH excluding ortho intramolecular Hbond substituents is 1. The lowest BCUT2D eigenvalue weighted by Crippen LogP contribution is -2.59. The standard InChI is InChI=1S/C31H38O13/c1-16(8-9-32)30(38)42-15-24-25(35)26(36)27(37)31(43-24)41-10-4-5-17-11-19-20(14-33)28(44-29(19)23(12-17)40-3)18-6-7-21(34)22(13-18)39-2/h4-7,11-13,20,24-28,31-37H,1,8-10,14-15H2,2-3H3. The van der Waals surface area contributed by atoms with Crippen molar-refractivity contribution in [1.82, 2.24) is 0 Å². The van der Waals surface area contributed by atoms with Gasteiger partial charge in [0.15, 0.2) is 29.3 Å². The molecule has 6 N–H and O–H groups in total. The van der Waals surface area contributed by atoms with E-state index in [9.17, 15) is 30.3 Å². The summed E-state index contributed by atoms with van der Waals surface area (Å²) in [6, 6.07) is 8.43. The lowest BCUT2D eigenvalue weighted by Gasteiger charge is -2.39. The van der Waals surface area contributed by atoms with Crippen LogP contribution in [0.5, 0.6) is 23.0 Å². The average Bonchev–Trinajstić information content (AvgIpc) is 3.40. The molecule has 0 bridgehead atoms. The molecule has 0 spiro atoms. The minimum Gasteiger partial charge on any atom is -0.504 e. The van der Waals surface area contributed by atoms with Gasteiger partial charge in [0.2, 0.25) is 0 Å². The first-order chi connectivity index (χ1) is 21.1. The monoisotopic (exact) mass is 618 g/mol. The number of phenols is 1. The van der Waals surface area contributed by atoms with Gasteiger partial charge in [0.25, 0.3) is 0 Å². The van der Waals surface area contributed by atoms with Crippen LogP contribution in [-0.2, 0) is 19.0 Å². The van der Waals surface area contributed by atoms with E-state index in [1.54, 1.807) is 30.4 Å². The van der Waals surface area contributed by atoms with E-state index in [1.165, 1.54) is 20.3 Å². The Bertz CT molecular complexity index is 1340. The lowest BCUT2D eigenvalue weighted by atomic mass is 9.90. The van der Waals surface area contributed by atoms with Crippen molar-refractivity contribution in [1.29, 1.82) is 0 Å². The van der Waals surface area contributed by atoms with E-state index in [1.807, 2.05) is 6.07 Å². The minimum atomic E-state index is -1.63. The Labute approximate surface area is 254 Å². The van der Waals surface area contributed by atoms with Crippen molar-refractivity contribution in [3.63, 3.8) is 0 Å². The molecule has 2 aliphatic heterocycles. The van der Waals surface area contributed by atoms with Gasteiger partial charge in [-0.1, -0.05) is 24.8 Å². The van der Waals surface area contributed by atoms with E-state index in [-0.39, 0.29) is 43.3 Å². The maximum absolute atomic E-state index is 12.0. The highest BCUT2D eigenvalue weighted by Gasteiger charge is 2.45. The molecule has 7 unspecified atom stereocenters. The molecule has 7 atom stereocenters. The number of hydrogen-bond acceptors (Lipinski definition) is 13. The summed E-state index contributed by atoms with van der Waals surface area (Å²) in [5, 5.41) is 60.1. The fourth-order valence-corrected chi connectivity index (χ4v) is 5.06. The number of methoxy groups -OCH3 is 2. The van der Waals surface area contributed by atoms with Gasteiger partial charge in [-0.15, -0.1) is 0 Å². The highest BCUT2D eigenvalue weighted by molar-refractivity contribution is 5.87. The zero-order chi connectivity index (χ0) is 32.0. The van der Waals surface area contributed by atoms with Crippen molar-refractivity contribution in [2.45, 2.75) is 49.1 Å². The summed E-state index contributed by atoms with van der Waals surface area (Å²) >= 11 is 0. The molecular formula is C31H38O13. The van der Waals surface area contributed by atoms with Crippen LogP contribution >= 0.6 is 0 Å². The summed E-state index contributed by atoms with van der Waals surface area (Å²) in [7, 11) is 2.94. The Kier molecular flexibility index (Phi) is 11.2. The van der Waals surface area contributed by atoms with E-state index in [0.29, 0.717) is 28.2 Å². The first-order valence-corrected chi connectivity index (χ1v) is 13.9. The van der Waals surface area contributed by atoms with Crippen LogP contribution < -0.4 is 14.2 Å². The van der Waals surface area contributed by atoms with E-state index >= 15 is 0 Å². The number of carbonyl (C=O) groups excluding carboxylic acids is 1.